The van der Waals surface area contributed by atoms with Gasteiger partial charge >= 0.3 is 0 Å². The maximum absolute atomic E-state index is 9.37. The van der Waals surface area contributed by atoms with E-state index in [4.69, 9.17) is 5.11 Å². The first-order chi connectivity index (χ1) is 5.45. The molecule has 0 aromatic carbocycles. The minimum absolute atomic E-state index is 0.219. The number of aliphatic hydroxyl groups is 2. The van der Waals surface area contributed by atoms with Crippen LogP contribution in [0.4, 0.5) is 0 Å². The van der Waals surface area contributed by atoms with Gasteiger partial charge in [0.1, 0.15) is 0 Å². The van der Waals surface area contributed by atoms with Crippen LogP contribution in [0.15, 0.2) is 0 Å². The van der Waals surface area contributed by atoms with Crippen LogP contribution in [0.25, 0.3) is 0 Å². The van der Waals surface area contributed by atoms with Crippen molar-refractivity contribution in [2.24, 2.45) is 0 Å². The Morgan fingerprint density at radius 3 is 2.42 bits per heavy atom. The second-order valence-electron chi connectivity index (χ2n) is 3.93. The molecule has 74 valence electrons. The molecule has 1 unspecified atom stereocenters. The summed E-state index contributed by atoms with van der Waals surface area (Å²) in [6, 6.07) is 0.331. The topological polar surface area (TPSA) is 52.5 Å². The number of rotatable bonds is 6. The Balaban J connectivity index is 3.31. The average Bonchev–Trinajstić information content (AvgIpc) is 1.84. The van der Waals surface area contributed by atoms with Gasteiger partial charge in [0.15, 0.2) is 0 Å². The van der Waals surface area contributed by atoms with Crippen LogP contribution in [0.5, 0.6) is 0 Å². The lowest BCUT2D eigenvalue weighted by molar-refractivity contribution is 0.0703. The van der Waals surface area contributed by atoms with Crippen LogP contribution < -0.4 is 5.32 Å². The summed E-state index contributed by atoms with van der Waals surface area (Å²) in [5, 5.41) is 21.2. The first kappa shape index (κ1) is 11.9. The van der Waals surface area contributed by atoms with E-state index in [-0.39, 0.29) is 6.61 Å². The number of nitrogens with one attached hydrogen (secondary N) is 1. The molecule has 0 aromatic rings. The molecule has 3 N–H and O–H groups in total. The molecule has 0 spiro atoms. The highest BCUT2D eigenvalue weighted by molar-refractivity contribution is 4.68. The number of hydrogen-bond acceptors (Lipinski definition) is 3. The maximum Gasteiger partial charge on any atom is 0.0603 e. The first-order valence-corrected chi connectivity index (χ1v) is 4.52. The molecule has 0 aliphatic rings. The lowest BCUT2D eigenvalue weighted by atomic mass is 10.1. The molecule has 0 radical (unpaired) electrons. The molecule has 0 bridgehead atoms. The van der Waals surface area contributed by atoms with E-state index in [0.717, 1.165) is 19.4 Å². The third-order valence-corrected chi connectivity index (χ3v) is 1.79. The van der Waals surface area contributed by atoms with Gasteiger partial charge in [-0.25, -0.2) is 0 Å². The lowest BCUT2D eigenvalue weighted by Gasteiger charge is -2.19. The van der Waals surface area contributed by atoms with Crippen molar-refractivity contribution in [3.63, 3.8) is 0 Å². The van der Waals surface area contributed by atoms with Gasteiger partial charge < -0.3 is 15.5 Å². The third-order valence-electron chi connectivity index (χ3n) is 1.79. The van der Waals surface area contributed by atoms with Gasteiger partial charge in [0.05, 0.1) is 5.60 Å². The minimum Gasteiger partial charge on any atom is -0.396 e. The zero-order chi connectivity index (χ0) is 9.61. The van der Waals surface area contributed by atoms with Crippen LogP contribution in [-0.2, 0) is 0 Å². The summed E-state index contributed by atoms with van der Waals surface area (Å²) in [4.78, 5) is 0. The van der Waals surface area contributed by atoms with Crippen LogP contribution in [-0.4, -0.2) is 35.0 Å². The van der Waals surface area contributed by atoms with E-state index >= 15 is 0 Å². The Labute approximate surface area is 74.8 Å². The molecule has 0 fully saturated rings. The van der Waals surface area contributed by atoms with Gasteiger partial charge in [-0.05, 0) is 40.2 Å². The van der Waals surface area contributed by atoms with Crippen molar-refractivity contribution in [2.45, 2.75) is 45.3 Å². The van der Waals surface area contributed by atoms with E-state index in [9.17, 15) is 5.11 Å². The quantitative estimate of drug-likeness (QED) is 0.551. The summed E-state index contributed by atoms with van der Waals surface area (Å²) < 4.78 is 0. The maximum atomic E-state index is 9.37. The van der Waals surface area contributed by atoms with Crippen molar-refractivity contribution in [3.05, 3.63) is 0 Å². The Hall–Kier alpha value is -0.120. The Kier molecular flexibility index (Phi) is 5.46. The second kappa shape index (κ2) is 5.51. The summed E-state index contributed by atoms with van der Waals surface area (Å²) in [5.74, 6) is 0. The lowest BCUT2D eigenvalue weighted by Crippen LogP contribution is -2.32. The molecule has 0 aliphatic heterocycles. The molecule has 0 aromatic heterocycles. The SMILES string of the molecule is CC(CCO)NCCC(C)(C)O. The summed E-state index contributed by atoms with van der Waals surface area (Å²) in [6.07, 6.45) is 1.51. The van der Waals surface area contributed by atoms with E-state index in [2.05, 4.69) is 5.32 Å². The number of aliphatic hydroxyl groups excluding tert-OH is 1. The highest BCUT2D eigenvalue weighted by Gasteiger charge is 2.11. The Morgan fingerprint density at radius 2 is 2.00 bits per heavy atom. The molecule has 0 saturated heterocycles. The summed E-state index contributed by atoms with van der Waals surface area (Å²) in [6.45, 7) is 6.64. The molecular formula is C9H21NO2. The van der Waals surface area contributed by atoms with Crippen LogP contribution in [0.2, 0.25) is 0 Å². The highest BCUT2D eigenvalue weighted by atomic mass is 16.3. The summed E-state index contributed by atoms with van der Waals surface area (Å²) >= 11 is 0. The Bertz CT molecular complexity index is 110. The van der Waals surface area contributed by atoms with E-state index in [0.29, 0.717) is 6.04 Å². The van der Waals surface area contributed by atoms with Crippen LogP contribution in [0.1, 0.15) is 33.6 Å². The van der Waals surface area contributed by atoms with Gasteiger partial charge in [-0.15, -0.1) is 0 Å². The zero-order valence-corrected chi connectivity index (χ0v) is 8.30. The van der Waals surface area contributed by atoms with Gasteiger partial charge in [-0.1, -0.05) is 0 Å². The third kappa shape index (κ3) is 7.98. The van der Waals surface area contributed by atoms with Crippen LogP contribution in [0, 0.1) is 0 Å². The monoisotopic (exact) mass is 175 g/mol. The molecule has 1 atom stereocenters. The summed E-state index contributed by atoms with van der Waals surface area (Å²) in [5.41, 5.74) is -0.591. The molecule has 0 amide bonds. The number of hydrogen-bond donors (Lipinski definition) is 3. The second-order valence-corrected chi connectivity index (χ2v) is 3.93. The van der Waals surface area contributed by atoms with E-state index in [1.165, 1.54) is 0 Å². The molecule has 3 nitrogen and oxygen atoms in total. The van der Waals surface area contributed by atoms with Gasteiger partial charge in [0.25, 0.3) is 0 Å². The molecule has 0 aliphatic carbocycles. The van der Waals surface area contributed by atoms with Crippen molar-refractivity contribution >= 4 is 0 Å². The van der Waals surface area contributed by atoms with Gasteiger partial charge in [-0.2, -0.15) is 0 Å². The average molecular weight is 175 g/mol. The fourth-order valence-corrected chi connectivity index (χ4v) is 0.920. The molecule has 0 heterocycles. The summed E-state index contributed by atoms with van der Waals surface area (Å²) in [7, 11) is 0. The van der Waals surface area contributed by atoms with Crippen molar-refractivity contribution in [3.8, 4) is 0 Å². The van der Waals surface area contributed by atoms with Crippen molar-refractivity contribution in [1.82, 2.24) is 5.32 Å². The normalized spacial score (nSPS) is 14.8. The fraction of sp³-hybridized carbons (Fsp3) is 1.00. The smallest absolute Gasteiger partial charge is 0.0603 e. The predicted molar refractivity (Wildman–Crippen MR) is 50.1 cm³/mol. The van der Waals surface area contributed by atoms with Gasteiger partial charge in [-0.3, -0.25) is 0 Å². The molecule has 12 heavy (non-hydrogen) atoms. The highest BCUT2D eigenvalue weighted by Crippen LogP contribution is 2.05. The molecule has 0 rings (SSSR count). The van der Waals surface area contributed by atoms with E-state index in [1.54, 1.807) is 13.8 Å². The van der Waals surface area contributed by atoms with Crippen LogP contribution >= 0.6 is 0 Å². The van der Waals surface area contributed by atoms with Crippen molar-refractivity contribution in [2.75, 3.05) is 13.2 Å². The molecule has 0 saturated carbocycles. The van der Waals surface area contributed by atoms with Gasteiger partial charge in [0, 0.05) is 12.6 Å². The largest absolute Gasteiger partial charge is 0.396 e. The van der Waals surface area contributed by atoms with E-state index < -0.39 is 5.60 Å². The first-order valence-electron chi connectivity index (χ1n) is 4.52. The minimum atomic E-state index is -0.591. The van der Waals surface area contributed by atoms with Gasteiger partial charge in [0.2, 0.25) is 0 Å². The fourth-order valence-electron chi connectivity index (χ4n) is 0.920. The van der Waals surface area contributed by atoms with Crippen LogP contribution in [0.3, 0.4) is 0 Å². The standard InChI is InChI=1S/C9H21NO2/c1-8(4-7-11)10-6-5-9(2,3)12/h8,10-12H,4-7H2,1-3H3. The molecule has 3 heteroatoms. The van der Waals surface area contributed by atoms with Crippen molar-refractivity contribution < 1.29 is 10.2 Å². The Morgan fingerprint density at radius 1 is 1.42 bits per heavy atom. The predicted octanol–water partition coefficient (Wildman–Crippen LogP) is 0.508. The van der Waals surface area contributed by atoms with E-state index in [1.807, 2.05) is 6.92 Å². The zero-order valence-electron chi connectivity index (χ0n) is 8.30. The van der Waals surface area contributed by atoms with Crippen molar-refractivity contribution in [1.29, 1.82) is 0 Å². The molecular weight excluding hydrogens is 154 g/mol.